The zero-order valence-corrected chi connectivity index (χ0v) is 14.7. The maximum atomic E-state index is 9.83. The molecule has 0 aromatic rings. The minimum absolute atomic E-state index is 0.301. The predicted octanol–water partition coefficient (Wildman–Crippen LogP) is 5.60. The van der Waals surface area contributed by atoms with Gasteiger partial charge in [0, 0.05) is 0 Å². The molecule has 0 aromatic carbocycles. The molecule has 0 spiro atoms. The van der Waals surface area contributed by atoms with E-state index in [2.05, 4.69) is 13.8 Å². The Hall–Kier alpha value is -0.0800. The van der Waals surface area contributed by atoms with E-state index in [-0.39, 0.29) is 12.2 Å². The predicted molar refractivity (Wildman–Crippen MR) is 92.6 cm³/mol. The highest BCUT2D eigenvalue weighted by Gasteiger charge is 2.10. The first kappa shape index (κ1) is 20.9. The molecule has 0 heterocycles. The molecule has 0 saturated carbocycles. The summed E-state index contributed by atoms with van der Waals surface area (Å²) in [6.45, 7) is 4.33. The first-order valence-corrected chi connectivity index (χ1v) is 9.56. The second-order valence-corrected chi connectivity index (χ2v) is 6.66. The van der Waals surface area contributed by atoms with Crippen LogP contribution in [0.2, 0.25) is 0 Å². The quantitative estimate of drug-likeness (QED) is 0.364. The Kier molecular flexibility index (Phi) is 16.2. The Labute approximate surface area is 133 Å². The number of hydrogen-bond acceptors (Lipinski definition) is 2. The highest BCUT2D eigenvalue weighted by atomic mass is 16.3. The van der Waals surface area contributed by atoms with E-state index in [0.29, 0.717) is 6.42 Å². The molecule has 0 saturated heterocycles. The maximum Gasteiger partial charge on any atom is 0.0564 e. The highest BCUT2D eigenvalue weighted by Crippen LogP contribution is 2.14. The molecular weight excluding hydrogens is 260 g/mol. The Morgan fingerprint density at radius 2 is 0.952 bits per heavy atom. The molecular formula is C19H40O2. The van der Waals surface area contributed by atoms with Gasteiger partial charge >= 0.3 is 0 Å². The lowest BCUT2D eigenvalue weighted by Crippen LogP contribution is -2.17. The van der Waals surface area contributed by atoms with Crippen LogP contribution in [0.4, 0.5) is 0 Å². The number of hydrogen-bond donors (Lipinski definition) is 2. The molecule has 128 valence electrons. The van der Waals surface area contributed by atoms with Gasteiger partial charge < -0.3 is 10.2 Å². The fourth-order valence-corrected chi connectivity index (χ4v) is 2.93. The molecule has 0 unspecified atom stereocenters. The average Bonchev–Trinajstić information content (AvgIpc) is 2.45. The van der Waals surface area contributed by atoms with Gasteiger partial charge in [-0.1, -0.05) is 90.9 Å². The molecule has 2 atom stereocenters. The fourth-order valence-electron chi connectivity index (χ4n) is 2.93. The van der Waals surface area contributed by atoms with Crippen LogP contribution in [-0.4, -0.2) is 22.4 Å². The lowest BCUT2D eigenvalue weighted by molar-refractivity contribution is 0.0692. The van der Waals surface area contributed by atoms with Crippen molar-refractivity contribution in [2.24, 2.45) is 0 Å². The molecule has 0 aliphatic heterocycles. The molecule has 2 nitrogen and oxygen atoms in total. The summed E-state index contributed by atoms with van der Waals surface area (Å²) >= 11 is 0. The monoisotopic (exact) mass is 300 g/mol. The van der Waals surface area contributed by atoms with Gasteiger partial charge in [-0.25, -0.2) is 0 Å². The van der Waals surface area contributed by atoms with Crippen LogP contribution < -0.4 is 0 Å². The van der Waals surface area contributed by atoms with Gasteiger partial charge in [-0.3, -0.25) is 0 Å². The Bertz CT molecular complexity index is 194. The second kappa shape index (κ2) is 16.3. The van der Waals surface area contributed by atoms with Gasteiger partial charge in [-0.05, 0) is 19.3 Å². The van der Waals surface area contributed by atoms with E-state index in [9.17, 15) is 10.2 Å². The van der Waals surface area contributed by atoms with Gasteiger partial charge in [0.15, 0.2) is 0 Å². The van der Waals surface area contributed by atoms with Crippen LogP contribution in [-0.2, 0) is 0 Å². The summed E-state index contributed by atoms with van der Waals surface area (Å²) in [7, 11) is 0. The van der Waals surface area contributed by atoms with Crippen LogP contribution in [0.15, 0.2) is 0 Å². The Morgan fingerprint density at radius 1 is 0.524 bits per heavy atom. The summed E-state index contributed by atoms with van der Waals surface area (Å²) in [5.41, 5.74) is 0. The topological polar surface area (TPSA) is 40.5 Å². The molecule has 0 aliphatic carbocycles. The largest absolute Gasteiger partial charge is 0.393 e. The second-order valence-electron chi connectivity index (χ2n) is 6.66. The molecule has 0 radical (unpaired) electrons. The zero-order chi connectivity index (χ0) is 15.8. The molecule has 21 heavy (non-hydrogen) atoms. The van der Waals surface area contributed by atoms with E-state index in [4.69, 9.17) is 0 Å². The van der Waals surface area contributed by atoms with Crippen molar-refractivity contribution in [2.45, 2.75) is 122 Å². The summed E-state index contributed by atoms with van der Waals surface area (Å²) < 4.78 is 0. The van der Waals surface area contributed by atoms with Crippen molar-refractivity contribution in [3.05, 3.63) is 0 Å². The highest BCUT2D eigenvalue weighted by molar-refractivity contribution is 4.63. The van der Waals surface area contributed by atoms with E-state index in [1.165, 1.54) is 64.2 Å². The van der Waals surface area contributed by atoms with Crippen molar-refractivity contribution in [1.82, 2.24) is 0 Å². The number of aliphatic hydroxyl groups excluding tert-OH is 2. The third-order valence-electron chi connectivity index (χ3n) is 4.31. The first-order valence-electron chi connectivity index (χ1n) is 9.56. The van der Waals surface area contributed by atoms with E-state index in [0.717, 1.165) is 25.7 Å². The molecule has 0 rings (SSSR count). The van der Waals surface area contributed by atoms with E-state index in [1.54, 1.807) is 0 Å². The SMILES string of the molecule is CCCCCCCCCCCCC[C@H](O)C[C@H](O)CCC. The summed E-state index contributed by atoms with van der Waals surface area (Å²) in [5.74, 6) is 0. The lowest BCUT2D eigenvalue weighted by atomic mass is 10.0. The normalized spacial score (nSPS) is 14.3. The van der Waals surface area contributed by atoms with Gasteiger partial charge in [-0.15, -0.1) is 0 Å². The van der Waals surface area contributed by atoms with Crippen LogP contribution in [0.3, 0.4) is 0 Å². The van der Waals surface area contributed by atoms with E-state index in [1.807, 2.05) is 0 Å². The first-order chi connectivity index (χ1) is 10.2. The standard InChI is InChI=1S/C19H40O2/c1-3-5-6-7-8-9-10-11-12-13-14-16-19(21)17-18(20)15-4-2/h18-21H,3-17H2,1-2H3/t18-,19+/m1/s1. The van der Waals surface area contributed by atoms with Gasteiger partial charge in [0.05, 0.1) is 12.2 Å². The van der Waals surface area contributed by atoms with Crippen molar-refractivity contribution in [2.75, 3.05) is 0 Å². The van der Waals surface area contributed by atoms with Crippen molar-refractivity contribution in [1.29, 1.82) is 0 Å². The fraction of sp³-hybridized carbons (Fsp3) is 1.00. The number of rotatable bonds is 16. The van der Waals surface area contributed by atoms with Gasteiger partial charge in [-0.2, -0.15) is 0 Å². The minimum Gasteiger partial charge on any atom is -0.393 e. The van der Waals surface area contributed by atoms with Crippen LogP contribution >= 0.6 is 0 Å². The van der Waals surface area contributed by atoms with Crippen molar-refractivity contribution >= 4 is 0 Å². The number of aliphatic hydroxyl groups is 2. The minimum atomic E-state index is -0.308. The van der Waals surface area contributed by atoms with Crippen molar-refractivity contribution < 1.29 is 10.2 Å². The van der Waals surface area contributed by atoms with Crippen LogP contribution in [0.25, 0.3) is 0 Å². The maximum absolute atomic E-state index is 9.83. The van der Waals surface area contributed by atoms with Gasteiger partial charge in [0.1, 0.15) is 0 Å². The summed E-state index contributed by atoms with van der Waals surface area (Å²) in [6, 6.07) is 0. The summed E-state index contributed by atoms with van der Waals surface area (Å²) in [6.07, 6.45) is 17.4. The molecule has 2 N–H and O–H groups in total. The van der Waals surface area contributed by atoms with Crippen LogP contribution in [0, 0.1) is 0 Å². The molecule has 0 amide bonds. The average molecular weight is 301 g/mol. The Morgan fingerprint density at radius 3 is 1.43 bits per heavy atom. The van der Waals surface area contributed by atoms with Crippen LogP contribution in [0.1, 0.15) is 110 Å². The molecule has 0 aliphatic rings. The van der Waals surface area contributed by atoms with E-state index < -0.39 is 0 Å². The molecule has 0 fully saturated rings. The van der Waals surface area contributed by atoms with Gasteiger partial charge in [0.25, 0.3) is 0 Å². The zero-order valence-electron chi connectivity index (χ0n) is 14.7. The molecule has 0 bridgehead atoms. The summed E-state index contributed by atoms with van der Waals surface area (Å²) in [5, 5.41) is 19.5. The van der Waals surface area contributed by atoms with E-state index >= 15 is 0 Å². The van der Waals surface area contributed by atoms with Crippen LogP contribution in [0.5, 0.6) is 0 Å². The van der Waals surface area contributed by atoms with Crippen molar-refractivity contribution in [3.63, 3.8) is 0 Å². The lowest BCUT2D eigenvalue weighted by Gasteiger charge is -2.14. The van der Waals surface area contributed by atoms with Crippen molar-refractivity contribution in [3.8, 4) is 0 Å². The third-order valence-corrected chi connectivity index (χ3v) is 4.31. The Balaban J connectivity index is 3.17. The smallest absolute Gasteiger partial charge is 0.0564 e. The summed E-state index contributed by atoms with van der Waals surface area (Å²) in [4.78, 5) is 0. The third kappa shape index (κ3) is 16.1. The number of unbranched alkanes of at least 4 members (excludes halogenated alkanes) is 10. The molecule has 0 aromatic heterocycles. The molecule has 2 heteroatoms. The van der Waals surface area contributed by atoms with Gasteiger partial charge in [0.2, 0.25) is 0 Å².